The predicted molar refractivity (Wildman–Crippen MR) is 62.2 cm³/mol. The summed E-state index contributed by atoms with van der Waals surface area (Å²) in [6, 6.07) is -0.586. The van der Waals surface area contributed by atoms with Crippen LogP contribution in [0, 0.1) is 17.3 Å². The highest BCUT2D eigenvalue weighted by atomic mass is 16.4. The average Bonchev–Trinajstić information content (AvgIpc) is 2.50. The second-order valence-corrected chi connectivity index (χ2v) is 5.36. The summed E-state index contributed by atoms with van der Waals surface area (Å²) in [6.45, 7) is 2.44. The van der Waals surface area contributed by atoms with E-state index in [1.165, 1.54) is 5.57 Å². The van der Waals surface area contributed by atoms with Crippen LogP contribution in [0.4, 0.5) is 4.79 Å². The molecule has 2 rings (SSSR count). The summed E-state index contributed by atoms with van der Waals surface area (Å²) in [5.74, 6) is 0.0298. The van der Waals surface area contributed by atoms with Crippen molar-refractivity contribution in [3.8, 4) is 0 Å². The first-order valence-electron chi connectivity index (χ1n) is 5.85. The van der Waals surface area contributed by atoms with E-state index in [0.717, 1.165) is 12.8 Å². The summed E-state index contributed by atoms with van der Waals surface area (Å²) in [5.41, 5.74) is 6.06. The highest BCUT2D eigenvalue weighted by Crippen LogP contribution is 2.59. The van der Waals surface area contributed by atoms with Crippen molar-refractivity contribution in [2.24, 2.45) is 23.0 Å². The van der Waals surface area contributed by atoms with Crippen LogP contribution < -0.4 is 11.1 Å². The van der Waals surface area contributed by atoms with E-state index in [-0.39, 0.29) is 17.8 Å². The summed E-state index contributed by atoms with van der Waals surface area (Å²) in [4.78, 5) is 21.7. The first-order chi connectivity index (χ1) is 7.93. The van der Waals surface area contributed by atoms with E-state index in [0.29, 0.717) is 12.5 Å². The molecule has 4 N–H and O–H groups in total. The number of carboxylic acid groups (broad SMARTS) is 1. The van der Waals surface area contributed by atoms with Gasteiger partial charge in [0.05, 0.1) is 6.42 Å². The second kappa shape index (κ2) is 4.05. The van der Waals surface area contributed by atoms with Crippen molar-refractivity contribution in [2.45, 2.75) is 26.2 Å². The Hall–Kier alpha value is -1.52. The Morgan fingerprint density at radius 3 is 2.88 bits per heavy atom. The third-order valence-corrected chi connectivity index (χ3v) is 4.05. The van der Waals surface area contributed by atoms with Crippen LogP contribution in [-0.4, -0.2) is 23.7 Å². The van der Waals surface area contributed by atoms with Gasteiger partial charge in [-0.1, -0.05) is 11.6 Å². The van der Waals surface area contributed by atoms with Crippen LogP contribution in [0.5, 0.6) is 0 Å². The number of rotatable bonds is 4. The Morgan fingerprint density at radius 2 is 2.35 bits per heavy atom. The second-order valence-electron chi connectivity index (χ2n) is 5.36. The van der Waals surface area contributed by atoms with Gasteiger partial charge in [-0.05, 0) is 31.6 Å². The fraction of sp³-hybridized carbons (Fsp3) is 0.667. The Morgan fingerprint density at radius 1 is 1.65 bits per heavy atom. The van der Waals surface area contributed by atoms with Crippen molar-refractivity contribution in [1.82, 2.24) is 5.32 Å². The van der Waals surface area contributed by atoms with E-state index < -0.39 is 12.0 Å². The molecular weight excluding hydrogens is 220 g/mol. The molecule has 17 heavy (non-hydrogen) atoms. The lowest BCUT2D eigenvalue weighted by atomic mass is 9.53. The molecule has 0 aromatic carbocycles. The molecule has 0 spiro atoms. The number of carboxylic acids is 1. The molecule has 0 aliphatic heterocycles. The normalized spacial score (nSPS) is 34.5. The molecule has 0 saturated heterocycles. The van der Waals surface area contributed by atoms with Crippen LogP contribution in [0.3, 0.4) is 0 Å². The van der Waals surface area contributed by atoms with E-state index in [1.807, 2.05) is 0 Å². The maximum Gasteiger partial charge on any atom is 0.312 e. The number of fused-ring (bicyclic) bond motifs is 1. The van der Waals surface area contributed by atoms with Gasteiger partial charge in [-0.3, -0.25) is 4.79 Å². The quantitative estimate of drug-likeness (QED) is 0.640. The van der Waals surface area contributed by atoms with E-state index in [1.54, 1.807) is 0 Å². The summed E-state index contributed by atoms with van der Waals surface area (Å²) >= 11 is 0. The van der Waals surface area contributed by atoms with Crippen LogP contribution >= 0.6 is 0 Å². The van der Waals surface area contributed by atoms with Crippen LogP contribution in [0.25, 0.3) is 0 Å². The van der Waals surface area contributed by atoms with Crippen molar-refractivity contribution >= 4 is 12.0 Å². The van der Waals surface area contributed by atoms with Crippen LogP contribution in [-0.2, 0) is 4.79 Å². The minimum absolute atomic E-state index is 0.0955. The highest BCUT2D eigenvalue weighted by molar-refractivity contribution is 5.72. The van der Waals surface area contributed by atoms with E-state index in [2.05, 4.69) is 18.3 Å². The molecule has 5 nitrogen and oxygen atoms in total. The monoisotopic (exact) mass is 238 g/mol. The minimum Gasteiger partial charge on any atom is -0.481 e. The number of nitrogens with one attached hydrogen (secondary N) is 1. The SMILES string of the molecule is CC1=CC2C(C1)CC2(CNC(N)=O)CC(=O)O. The third-order valence-electron chi connectivity index (χ3n) is 4.05. The van der Waals surface area contributed by atoms with Gasteiger partial charge in [0.1, 0.15) is 0 Å². The average molecular weight is 238 g/mol. The van der Waals surface area contributed by atoms with E-state index in [9.17, 15) is 9.59 Å². The van der Waals surface area contributed by atoms with Crippen molar-refractivity contribution in [3.05, 3.63) is 11.6 Å². The lowest BCUT2D eigenvalue weighted by Crippen LogP contribution is -2.54. The highest BCUT2D eigenvalue weighted by Gasteiger charge is 2.55. The fourth-order valence-electron chi connectivity index (χ4n) is 3.43. The molecule has 5 heteroatoms. The van der Waals surface area contributed by atoms with Crippen LogP contribution in [0.1, 0.15) is 26.2 Å². The van der Waals surface area contributed by atoms with Gasteiger partial charge >= 0.3 is 12.0 Å². The number of aliphatic carboxylic acids is 1. The maximum absolute atomic E-state index is 11.0. The molecule has 2 amide bonds. The number of carbonyl (C=O) groups is 2. The zero-order chi connectivity index (χ0) is 12.6. The fourth-order valence-corrected chi connectivity index (χ4v) is 3.43. The number of allylic oxidation sites excluding steroid dienone is 2. The third kappa shape index (κ3) is 2.14. The van der Waals surface area contributed by atoms with Crippen LogP contribution in [0.15, 0.2) is 11.6 Å². The standard InChI is InChI=1S/C12H18N2O3/c1-7-2-8-4-12(5-10(15)16,9(8)3-7)6-14-11(13)17/h3,8-9H,2,4-6H2,1H3,(H,15,16)(H3,13,14,17). The summed E-state index contributed by atoms with van der Waals surface area (Å²) < 4.78 is 0. The van der Waals surface area contributed by atoms with E-state index >= 15 is 0 Å². The lowest BCUT2D eigenvalue weighted by molar-refractivity contribution is -0.144. The Labute approximate surface area is 100 Å². The van der Waals surface area contributed by atoms with Crippen LogP contribution in [0.2, 0.25) is 0 Å². The van der Waals surface area contributed by atoms with Gasteiger partial charge in [-0.15, -0.1) is 0 Å². The lowest BCUT2D eigenvalue weighted by Gasteiger charge is -2.51. The molecule has 3 unspecified atom stereocenters. The number of carbonyl (C=O) groups excluding carboxylic acids is 1. The predicted octanol–water partition coefficient (Wildman–Crippen LogP) is 1.10. The van der Waals surface area contributed by atoms with Crippen molar-refractivity contribution in [1.29, 1.82) is 0 Å². The number of nitrogens with two attached hydrogens (primary N) is 1. The van der Waals surface area contributed by atoms with Gasteiger partial charge in [0, 0.05) is 12.0 Å². The Kier molecular flexibility index (Phi) is 2.85. The molecule has 2 aliphatic carbocycles. The van der Waals surface area contributed by atoms with Gasteiger partial charge in [0.25, 0.3) is 0 Å². The number of urea groups is 1. The van der Waals surface area contributed by atoms with Crippen molar-refractivity contribution < 1.29 is 14.7 Å². The molecule has 0 aromatic heterocycles. The maximum atomic E-state index is 11.0. The molecule has 0 radical (unpaired) electrons. The smallest absolute Gasteiger partial charge is 0.312 e. The van der Waals surface area contributed by atoms with Crippen molar-refractivity contribution in [2.75, 3.05) is 6.54 Å². The first-order valence-corrected chi connectivity index (χ1v) is 5.85. The first kappa shape index (κ1) is 12.0. The van der Waals surface area contributed by atoms with Gasteiger partial charge in [0.2, 0.25) is 0 Å². The molecule has 3 atom stereocenters. The van der Waals surface area contributed by atoms with Gasteiger partial charge in [0.15, 0.2) is 0 Å². The Bertz CT molecular complexity index is 391. The molecule has 1 saturated carbocycles. The largest absolute Gasteiger partial charge is 0.481 e. The van der Waals surface area contributed by atoms with Gasteiger partial charge < -0.3 is 16.2 Å². The molecule has 1 fully saturated rings. The number of hydrogen-bond acceptors (Lipinski definition) is 2. The van der Waals surface area contributed by atoms with Gasteiger partial charge in [-0.2, -0.15) is 0 Å². The summed E-state index contributed by atoms with van der Waals surface area (Å²) in [7, 11) is 0. The zero-order valence-corrected chi connectivity index (χ0v) is 9.90. The van der Waals surface area contributed by atoms with Gasteiger partial charge in [-0.25, -0.2) is 4.79 Å². The number of hydrogen-bond donors (Lipinski definition) is 3. The molecule has 0 heterocycles. The van der Waals surface area contributed by atoms with E-state index in [4.69, 9.17) is 10.8 Å². The molecular formula is C12H18N2O3. The summed E-state index contributed by atoms with van der Waals surface area (Å²) in [5, 5.41) is 11.6. The molecule has 0 aromatic rings. The number of amides is 2. The zero-order valence-electron chi connectivity index (χ0n) is 9.90. The summed E-state index contributed by atoms with van der Waals surface area (Å²) in [6.07, 6.45) is 4.18. The molecule has 94 valence electrons. The van der Waals surface area contributed by atoms with Crippen molar-refractivity contribution in [3.63, 3.8) is 0 Å². The topological polar surface area (TPSA) is 92.4 Å². The number of primary amides is 1. The molecule has 0 bridgehead atoms. The minimum atomic E-state index is -0.812. The molecule has 2 aliphatic rings. The Balaban J connectivity index is 2.09.